The Kier molecular flexibility index (Phi) is 6.76. The number of nitrogens with zero attached hydrogens (tertiary/aromatic N) is 1. The van der Waals surface area contributed by atoms with E-state index in [9.17, 15) is 4.79 Å². The maximum atomic E-state index is 10.3. The summed E-state index contributed by atoms with van der Waals surface area (Å²) in [7, 11) is 0. The smallest absolute Gasteiger partial charge is 0.303 e. The van der Waals surface area contributed by atoms with Gasteiger partial charge in [0, 0.05) is 13.0 Å². The van der Waals surface area contributed by atoms with Crippen LogP contribution >= 0.6 is 11.6 Å². The van der Waals surface area contributed by atoms with E-state index in [0.29, 0.717) is 10.6 Å². The molecule has 0 saturated heterocycles. The number of carbonyl (C=O) groups is 1. The number of nitrogens with one attached hydrogen (secondary N) is 1. The molecule has 5 heteroatoms. The first-order valence-electron chi connectivity index (χ1n) is 6.29. The van der Waals surface area contributed by atoms with Crippen molar-refractivity contribution in [3.8, 4) is 6.07 Å². The van der Waals surface area contributed by atoms with E-state index in [0.717, 1.165) is 37.9 Å². The largest absolute Gasteiger partial charge is 0.481 e. The number of hydrogen-bond acceptors (Lipinski definition) is 3. The molecule has 2 N–H and O–H groups in total. The Bertz CT molecular complexity index is 469. The van der Waals surface area contributed by atoms with Gasteiger partial charge in [-0.05, 0) is 31.0 Å². The average molecular weight is 281 g/mol. The van der Waals surface area contributed by atoms with Crippen molar-refractivity contribution in [3.05, 3.63) is 28.8 Å². The number of halogens is 1. The number of benzene rings is 1. The van der Waals surface area contributed by atoms with E-state index in [4.69, 9.17) is 22.0 Å². The molecule has 0 spiro atoms. The van der Waals surface area contributed by atoms with E-state index in [1.54, 1.807) is 18.2 Å². The van der Waals surface area contributed by atoms with Crippen LogP contribution in [0.25, 0.3) is 0 Å². The lowest BCUT2D eigenvalue weighted by Crippen LogP contribution is -2.02. The number of anilines is 1. The highest BCUT2D eigenvalue weighted by Crippen LogP contribution is 2.22. The molecule has 0 atom stereocenters. The van der Waals surface area contributed by atoms with E-state index in [1.807, 2.05) is 6.07 Å². The SMILES string of the molecule is N#Cc1ccc(NCCCCCCC(=O)O)c(Cl)c1. The quantitative estimate of drug-likeness (QED) is 0.713. The number of hydrogen-bond donors (Lipinski definition) is 2. The minimum atomic E-state index is -0.734. The van der Waals surface area contributed by atoms with Crippen LogP contribution in [-0.2, 0) is 4.79 Å². The lowest BCUT2D eigenvalue weighted by molar-refractivity contribution is -0.137. The minimum Gasteiger partial charge on any atom is -0.481 e. The van der Waals surface area contributed by atoms with Crippen molar-refractivity contribution in [1.82, 2.24) is 0 Å². The third-order valence-electron chi connectivity index (χ3n) is 2.73. The van der Waals surface area contributed by atoms with Crippen molar-refractivity contribution >= 4 is 23.3 Å². The first kappa shape index (κ1) is 15.3. The van der Waals surface area contributed by atoms with Crippen molar-refractivity contribution in [2.24, 2.45) is 0 Å². The Morgan fingerprint density at radius 3 is 2.68 bits per heavy atom. The molecule has 0 radical (unpaired) electrons. The lowest BCUT2D eigenvalue weighted by Gasteiger charge is -2.08. The van der Waals surface area contributed by atoms with Crippen LogP contribution in [0.15, 0.2) is 18.2 Å². The molecule has 1 rings (SSSR count). The van der Waals surface area contributed by atoms with Crippen molar-refractivity contribution in [2.45, 2.75) is 32.1 Å². The summed E-state index contributed by atoms with van der Waals surface area (Å²) in [5, 5.41) is 21.0. The van der Waals surface area contributed by atoms with Gasteiger partial charge in [-0.25, -0.2) is 0 Å². The van der Waals surface area contributed by atoms with E-state index >= 15 is 0 Å². The molecule has 0 fully saturated rings. The molecule has 4 nitrogen and oxygen atoms in total. The highest BCUT2D eigenvalue weighted by atomic mass is 35.5. The van der Waals surface area contributed by atoms with Gasteiger partial charge in [0.1, 0.15) is 0 Å². The minimum absolute atomic E-state index is 0.245. The first-order valence-corrected chi connectivity index (χ1v) is 6.66. The summed E-state index contributed by atoms with van der Waals surface area (Å²) in [5.74, 6) is -0.734. The summed E-state index contributed by atoms with van der Waals surface area (Å²) >= 11 is 6.03. The van der Waals surface area contributed by atoms with Gasteiger partial charge >= 0.3 is 5.97 Å². The summed E-state index contributed by atoms with van der Waals surface area (Å²) in [5.41, 5.74) is 1.37. The first-order chi connectivity index (χ1) is 9.13. The fraction of sp³-hybridized carbons (Fsp3) is 0.429. The molecular weight excluding hydrogens is 264 g/mol. The molecule has 1 aromatic carbocycles. The normalized spacial score (nSPS) is 9.89. The van der Waals surface area contributed by atoms with Gasteiger partial charge in [0.05, 0.1) is 22.3 Å². The molecule has 0 saturated carbocycles. The summed E-state index contributed by atoms with van der Waals surface area (Å²) in [6.07, 6.45) is 3.86. The molecule has 0 aliphatic carbocycles. The van der Waals surface area contributed by atoms with Crippen molar-refractivity contribution in [3.63, 3.8) is 0 Å². The summed E-state index contributed by atoms with van der Waals surface area (Å²) in [6, 6.07) is 7.19. The Balaban J connectivity index is 2.19. The Morgan fingerprint density at radius 2 is 2.05 bits per heavy atom. The highest BCUT2D eigenvalue weighted by Gasteiger charge is 2.01. The van der Waals surface area contributed by atoms with Crippen LogP contribution in [0, 0.1) is 11.3 Å². The van der Waals surface area contributed by atoms with Crippen molar-refractivity contribution < 1.29 is 9.90 Å². The topological polar surface area (TPSA) is 73.1 Å². The third-order valence-corrected chi connectivity index (χ3v) is 3.04. The number of rotatable bonds is 8. The third kappa shape index (κ3) is 6.12. The monoisotopic (exact) mass is 280 g/mol. The van der Waals surface area contributed by atoms with Gasteiger partial charge in [0.15, 0.2) is 0 Å². The van der Waals surface area contributed by atoms with E-state index in [1.165, 1.54) is 0 Å². The van der Waals surface area contributed by atoms with Crippen LogP contribution in [0.1, 0.15) is 37.7 Å². The fourth-order valence-electron chi connectivity index (χ4n) is 1.71. The Morgan fingerprint density at radius 1 is 1.32 bits per heavy atom. The summed E-state index contributed by atoms with van der Waals surface area (Å²) in [4.78, 5) is 10.3. The van der Waals surface area contributed by atoms with Gasteiger partial charge in [-0.15, -0.1) is 0 Å². The number of nitriles is 1. The van der Waals surface area contributed by atoms with Crippen LogP contribution < -0.4 is 5.32 Å². The van der Waals surface area contributed by atoms with Crippen molar-refractivity contribution in [2.75, 3.05) is 11.9 Å². The van der Waals surface area contributed by atoms with Gasteiger partial charge in [0.25, 0.3) is 0 Å². The second-order valence-corrected chi connectivity index (χ2v) is 4.70. The molecular formula is C14H17ClN2O2. The van der Waals surface area contributed by atoms with Gasteiger partial charge in [-0.2, -0.15) is 5.26 Å². The molecule has 0 amide bonds. The average Bonchev–Trinajstić information content (AvgIpc) is 2.38. The van der Waals surface area contributed by atoms with Crippen LogP contribution in [-0.4, -0.2) is 17.6 Å². The number of unbranched alkanes of at least 4 members (excludes halogenated alkanes) is 3. The molecule has 102 valence electrons. The maximum Gasteiger partial charge on any atom is 0.303 e. The zero-order chi connectivity index (χ0) is 14.1. The molecule has 0 heterocycles. The van der Waals surface area contributed by atoms with Crippen LogP contribution in [0.5, 0.6) is 0 Å². The zero-order valence-corrected chi connectivity index (χ0v) is 11.4. The second-order valence-electron chi connectivity index (χ2n) is 4.29. The van der Waals surface area contributed by atoms with Gasteiger partial charge in [-0.1, -0.05) is 24.4 Å². The standard InChI is InChI=1S/C14H17ClN2O2/c15-12-9-11(10-16)6-7-13(12)17-8-4-2-1-3-5-14(18)19/h6-7,9,17H,1-5,8H2,(H,18,19). The number of carboxylic acids is 1. The molecule has 0 unspecified atom stereocenters. The van der Waals surface area contributed by atoms with E-state index in [2.05, 4.69) is 5.32 Å². The number of carboxylic acid groups (broad SMARTS) is 1. The molecule has 1 aromatic rings. The predicted octanol–water partition coefficient (Wildman–Crippen LogP) is 3.66. The molecule has 0 bridgehead atoms. The molecule has 19 heavy (non-hydrogen) atoms. The van der Waals surface area contributed by atoms with Crippen LogP contribution in [0.4, 0.5) is 5.69 Å². The second kappa shape index (κ2) is 8.39. The summed E-state index contributed by atoms with van der Waals surface area (Å²) in [6.45, 7) is 0.790. The number of aliphatic carboxylic acids is 1. The molecule has 0 aliphatic rings. The van der Waals surface area contributed by atoms with Crippen LogP contribution in [0.2, 0.25) is 5.02 Å². The zero-order valence-electron chi connectivity index (χ0n) is 10.7. The highest BCUT2D eigenvalue weighted by molar-refractivity contribution is 6.33. The Hall–Kier alpha value is -1.73. The molecule has 0 aliphatic heterocycles. The molecule has 0 aromatic heterocycles. The van der Waals surface area contributed by atoms with Crippen LogP contribution in [0.3, 0.4) is 0 Å². The fourth-order valence-corrected chi connectivity index (χ4v) is 1.95. The van der Waals surface area contributed by atoms with Gasteiger partial charge in [-0.3, -0.25) is 4.79 Å². The Labute approximate surface area is 118 Å². The lowest BCUT2D eigenvalue weighted by atomic mass is 10.1. The predicted molar refractivity (Wildman–Crippen MR) is 75.4 cm³/mol. The van der Waals surface area contributed by atoms with E-state index in [-0.39, 0.29) is 6.42 Å². The van der Waals surface area contributed by atoms with Gasteiger partial charge < -0.3 is 10.4 Å². The summed E-state index contributed by atoms with van der Waals surface area (Å²) < 4.78 is 0. The maximum absolute atomic E-state index is 10.3. The van der Waals surface area contributed by atoms with Crippen molar-refractivity contribution in [1.29, 1.82) is 5.26 Å². The van der Waals surface area contributed by atoms with Gasteiger partial charge in [0.2, 0.25) is 0 Å². The van der Waals surface area contributed by atoms with E-state index < -0.39 is 5.97 Å².